The number of nitrogens with zero attached hydrogens (tertiary/aromatic N) is 6. The maximum Gasteiger partial charge on any atom is 0.252 e. The van der Waals surface area contributed by atoms with Gasteiger partial charge in [-0.05, 0) is 49.6 Å². The van der Waals surface area contributed by atoms with Crippen molar-refractivity contribution in [2.24, 2.45) is 0 Å². The quantitative estimate of drug-likeness (QED) is 0.310. The van der Waals surface area contributed by atoms with E-state index in [9.17, 15) is 14.0 Å². The summed E-state index contributed by atoms with van der Waals surface area (Å²) in [6.45, 7) is 4.63. The predicted molar refractivity (Wildman–Crippen MR) is 149 cm³/mol. The van der Waals surface area contributed by atoms with Crippen molar-refractivity contribution in [2.75, 3.05) is 26.7 Å². The van der Waals surface area contributed by atoms with Crippen LogP contribution in [0.5, 0.6) is 5.75 Å². The highest BCUT2D eigenvalue weighted by Gasteiger charge is 2.31. The molecule has 0 spiro atoms. The minimum atomic E-state index is -0.500. The van der Waals surface area contributed by atoms with E-state index in [0.29, 0.717) is 24.3 Å². The van der Waals surface area contributed by atoms with E-state index in [1.165, 1.54) is 12.4 Å². The molecule has 41 heavy (non-hydrogen) atoms. The molecule has 1 aliphatic heterocycles. The van der Waals surface area contributed by atoms with Crippen LogP contribution in [0.4, 0.5) is 4.39 Å². The summed E-state index contributed by atoms with van der Waals surface area (Å²) in [6, 6.07) is 13.9. The van der Waals surface area contributed by atoms with Gasteiger partial charge in [0.2, 0.25) is 11.8 Å². The summed E-state index contributed by atoms with van der Waals surface area (Å²) in [5.41, 5.74) is 3.94. The van der Waals surface area contributed by atoms with Gasteiger partial charge in [0.15, 0.2) is 0 Å². The van der Waals surface area contributed by atoms with Gasteiger partial charge in [0.25, 0.3) is 5.78 Å². The Labute approximate surface area is 237 Å². The zero-order valence-electron chi connectivity index (χ0n) is 23.4. The molecule has 0 bridgehead atoms. The molecular weight excluding hydrogens is 527 g/mol. The maximum atomic E-state index is 14.3. The smallest absolute Gasteiger partial charge is 0.252 e. The molecule has 5 rings (SSSR count). The number of carbonyl (C=O) groups excluding carboxylic acids is 2. The van der Waals surface area contributed by atoms with Gasteiger partial charge >= 0.3 is 0 Å². The lowest BCUT2D eigenvalue weighted by molar-refractivity contribution is -0.139. The van der Waals surface area contributed by atoms with Gasteiger partial charge in [0.05, 0.1) is 26.4 Å². The molecule has 1 atom stereocenters. The molecule has 0 N–H and O–H groups in total. The number of rotatable bonds is 9. The Balaban J connectivity index is 1.32. The van der Waals surface area contributed by atoms with Crippen LogP contribution in [-0.4, -0.2) is 74.0 Å². The molecule has 2 amide bonds. The second-order valence-electron chi connectivity index (χ2n) is 10.2. The van der Waals surface area contributed by atoms with E-state index in [2.05, 4.69) is 15.1 Å². The molecule has 4 aromatic rings. The number of fused-ring (bicyclic) bond motifs is 1. The van der Waals surface area contributed by atoms with Crippen LogP contribution in [0.25, 0.3) is 5.78 Å². The van der Waals surface area contributed by atoms with Gasteiger partial charge in [0, 0.05) is 43.0 Å². The second kappa shape index (κ2) is 12.4. The van der Waals surface area contributed by atoms with Crippen LogP contribution >= 0.6 is 0 Å². The summed E-state index contributed by atoms with van der Waals surface area (Å²) in [5.74, 6) is 0.539. The lowest BCUT2D eigenvalue weighted by atomic mass is 10.1. The fourth-order valence-corrected chi connectivity index (χ4v) is 5.11. The summed E-state index contributed by atoms with van der Waals surface area (Å²) in [6.07, 6.45) is 1.58. The monoisotopic (exact) mass is 560 g/mol. The van der Waals surface area contributed by atoms with E-state index in [-0.39, 0.29) is 50.3 Å². The molecule has 0 saturated carbocycles. The summed E-state index contributed by atoms with van der Waals surface area (Å²) in [5, 5.41) is 4.22. The highest BCUT2D eigenvalue weighted by atomic mass is 19.1. The molecule has 2 aromatic carbocycles. The Morgan fingerprint density at radius 2 is 1.88 bits per heavy atom. The molecule has 0 aliphatic carbocycles. The van der Waals surface area contributed by atoms with Gasteiger partial charge in [-0.15, -0.1) is 0 Å². The first-order valence-corrected chi connectivity index (χ1v) is 13.5. The Morgan fingerprint density at radius 3 is 2.63 bits per heavy atom. The van der Waals surface area contributed by atoms with Crippen molar-refractivity contribution < 1.29 is 23.5 Å². The van der Waals surface area contributed by atoms with Gasteiger partial charge in [-0.25, -0.2) is 13.9 Å². The third-order valence-electron chi connectivity index (χ3n) is 7.42. The van der Waals surface area contributed by atoms with Crippen LogP contribution in [0.1, 0.15) is 34.5 Å². The molecule has 1 fully saturated rings. The van der Waals surface area contributed by atoms with Crippen molar-refractivity contribution in [3.63, 3.8) is 0 Å². The fourth-order valence-electron chi connectivity index (χ4n) is 5.11. The predicted octanol–water partition coefficient (Wildman–Crippen LogP) is 3.28. The summed E-state index contributed by atoms with van der Waals surface area (Å²) < 4.78 is 27.3. The zero-order valence-corrected chi connectivity index (χ0v) is 23.4. The number of hydrogen-bond donors (Lipinski definition) is 0. The standard InChI is InChI=1S/C30H33FN6O4/c1-20-26(21(2)37-30(34-20)32-19-33-37)12-13-28(38)36-16-25(41-18-23-6-4-5-7-27(23)31)15-35(29(39)17-36)14-22-8-10-24(40-3)11-9-22/h4-11,19,25H,12-18H2,1-3H3/t25-/m0/s1. The maximum absolute atomic E-state index is 14.3. The Bertz CT molecular complexity index is 1540. The van der Waals surface area contributed by atoms with Crippen LogP contribution in [-0.2, 0) is 33.9 Å². The zero-order chi connectivity index (χ0) is 28.9. The van der Waals surface area contributed by atoms with Gasteiger partial charge < -0.3 is 19.3 Å². The van der Waals surface area contributed by atoms with Crippen molar-refractivity contribution >= 4 is 17.6 Å². The van der Waals surface area contributed by atoms with Gasteiger partial charge in [-0.2, -0.15) is 10.1 Å². The molecule has 10 nitrogen and oxygen atoms in total. The molecule has 3 heterocycles. The van der Waals surface area contributed by atoms with Crippen molar-refractivity contribution in [2.45, 2.75) is 45.9 Å². The van der Waals surface area contributed by atoms with E-state index in [0.717, 1.165) is 28.3 Å². The van der Waals surface area contributed by atoms with E-state index < -0.39 is 6.10 Å². The molecular formula is C30H33FN6O4. The largest absolute Gasteiger partial charge is 0.497 e. The minimum Gasteiger partial charge on any atom is -0.497 e. The molecule has 1 saturated heterocycles. The first kappa shape index (κ1) is 28.2. The third kappa shape index (κ3) is 6.51. The number of amides is 2. The van der Waals surface area contributed by atoms with Gasteiger partial charge in [-0.1, -0.05) is 30.3 Å². The average Bonchev–Trinajstić information content (AvgIpc) is 3.38. The summed E-state index contributed by atoms with van der Waals surface area (Å²) >= 11 is 0. The average molecular weight is 561 g/mol. The lowest BCUT2D eigenvalue weighted by Crippen LogP contribution is -2.39. The number of methoxy groups -OCH3 is 1. The number of hydrogen-bond acceptors (Lipinski definition) is 7. The molecule has 0 unspecified atom stereocenters. The van der Waals surface area contributed by atoms with E-state index in [1.807, 2.05) is 38.1 Å². The number of ether oxygens (including phenoxy) is 2. The molecule has 11 heteroatoms. The number of benzene rings is 2. The van der Waals surface area contributed by atoms with Crippen molar-refractivity contribution in [3.8, 4) is 5.75 Å². The topological polar surface area (TPSA) is 102 Å². The van der Waals surface area contributed by atoms with Crippen LogP contribution in [0.3, 0.4) is 0 Å². The second-order valence-corrected chi connectivity index (χ2v) is 10.2. The number of halogens is 1. The first-order valence-electron chi connectivity index (χ1n) is 13.5. The van der Waals surface area contributed by atoms with Crippen molar-refractivity contribution in [3.05, 3.63) is 88.8 Å². The van der Waals surface area contributed by atoms with Crippen molar-refractivity contribution in [1.82, 2.24) is 29.4 Å². The first-order chi connectivity index (χ1) is 19.8. The normalized spacial score (nSPS) is 15.8. The fraction of sp³-hybridized carbons (Fsp3) is 0.367. The highest BCUT2D eigenvalue weighted by molar-refractivity contribution is 5.85. The Kier molecular flexibility index (Phi) is 8.53. The lowest BCUT2D eigenvalue weighted by Gasteiger charge is -2.25. The molecule has 0 radical (unpaired) electrons. The SMILES string of the molecule is COc1ccc(CN2C[C@H](OCc3ccccc3F)CN(C(=O)CCc3c(C)nc4ncnn4c3C)CC2=O)cc1. The molecule has 214 valence electrons. The Morgan fingerprint density at radius 1 is 1.10 bits per heavy atom. The number of carbonyl (C=O) groups is 2. The molecule has 1 aliphatic rings. The van der Waals surface area contributed by atoms with Crippen LogP contribution in [0.15, 0.2) is 54.9 Å². The van der Waals surface area contributed by atoms with Crippen LogP contribution < -0.4 is 4.74 Å². The molecule has 2 aromatic heterocycles. The van der Waals surface area contributed by atoms with E-state index in [4.69, 9.17) is 9.47 Å². The summed E-state index contributed by atoms with van der Waals surface area (Å²) in [7, 11) is 1.60. The van der Waals surface area contributed by atoms with Crippen LogP contribution in [0.2, 0.25) is 0 Å². The number of aryl methyl sites for hydroxylation is 2. The van der Waals surface area contributed by atoms with Crippen LogP contribution in [0, 0.1) is 19.7 Å². The summed E-state index contributed by atoms with van der Waals surface area (Å²) in [4.78, 5) is 38.8. The highest BCUT2D eigenvalue weighted by Crippen LogP contribution is 2.20. The Hall–Kier alpha value is -4.38. The van der Waals surface area contributed by atoms with E-state index >= 15 is 0 Å². The van der Waals surface area contributed by atoms with Gasteiger partial charge in [-0.3, -0.25) is 9.59 Å². The third-order valence-corrected chi connectivity index (χ3v) is 7.42. The number of aromatic nitrogens is 4. The van der Waals surface area contributed by atoms with Gasteiger partial charge in [0.1, 0.15) is 17.9 Å². The van der Waals surface area contributed by atoms with Crippen molar-refractivity contribution in [1.29, 1.82) is 0 Å². The minimum absolute atomic E-state index is 0.0336. The van der Waals surface area contributed by atoms with E-state index in [1.54, 1.807) is 39.6 Å².